The van der Waals surface area contributed by atoms with Gasteiger partial charge in [-0.3, -0.25) is 0 Å². The monoisotopic (exact) mass is 722 g/mol. The first-order valence-electron chi connectivity index (χ1n) is 19.6. The summed E-state index contributed by atoms with van der Waals surface area (Å²) < 4.78 is 2.49. The van der Waals surface area contributed by atoms with Crippen LogP contribution in [0.3, 0.4) is 0 Å². The quantitative estimate of drug-likeness (QED) is 0.144. The average molecular weight is 723 g/mol. The van der Waals surface area contributed by atoms with E-state index >= 15 is 0 Å². The number of benzene rings is 8. The van der Waals surface area contributed by atoms with Crippen molar-refractivity contribution < 1.29 is 0 Å². The number of nitrogens with zero attached hydrogens (tertiary/aromatic N) is 2. The molecular weight excluding hydrogens is 677 g/mol. The summed E-state index contributed by atoms with van der Waals surface area (Å²) in [5, 5.41) is 2.43. The van der Waals surface area contributed by atoms with Gasteiger partial charge in [0.2, 0.25) is 0 Å². The summed E-state index contributed by atoms with van der Waals surface area (Å²) in [6, 6.07) is 75.2. The molecule has 0 saturated carbocycles. The van der Waals surface area contributed by atoms with Gasteiger partial charge in [0.1, 0.15) is 0 Å². The smallest absolute Gasteiger partial charge is 0.0542 e. The Kier molecular flexibility index (Phi) is 8.90. The van der Waals surface area contributed by atoms with Crippen LogP contribution in [-0.4, -0.2) is 4.57 Å². The van der Waals surface area contributed by atoms with Gasteiger partial charge >= 0.3 is 0 Å². The van der Waals surface area contributed by atoms with E-state index in [4.69, 9.17) is 0 Å². The molecule has 0 unspecified atom stereocenters. The normalized spacial score (nSPS) is 11.9. The molecule has 0 N–H and O–H groups in total. The summed E-state index contributed by atoms with van der Waals surface area (Å²) >= 11 is 0. The molecule has 0 aliphatic rings. The lowest BCUT2D eigenvalue weighted by molar-refractivity contribution is 0.616. The summed E-state index contributed by atoms with van der Waals surface area (Å²) in [6.45, 7) is 9.42. The zero-order valence-corrected chi connectivity index (χ0v) is 32.5. The Labute approximate surface area is 331 Å². The third kappa shape index (κ3) is 6.28. The summed E-state index contributed by atoms with van der Waals surface area (Å²) in [6.07, 6.45) is 0. The van der Waals surface area contributed by atoms with E-state index in [1.807, 2.05) is 0 Å². The predicted molar refractivity (Wildman–Crippen MR) is 238 cm³/mol. The van der Waals surface area contributed by atoms with E-state index in [2.05, 4.69) is 243 Å². The Bertz CT molecular complexity index is 2660. The zero-order chi connectivity index (χ0) is 38.3. The second kappa shape index (κ2) is 14.2. The molecule has 0 saturated heterocycles. The van der Waals surface area contributed by atoms with Gasteiger partial charge in [0.15, 0.2) is 0 Å². The molecule has 0 radical (unpaired) electrons. The van der Waals surface area contributed by atoms with Crippen molar-refractivity contribution in [1.29, 1.82) is 0 Å². The van der Waals surface area contributed by atoms with Gasteiger partial charge in [0.05, 0.1) is 11.0 Å². The van der Waals surface area contributed by atoms with Gasteiger partial charge < -0.3 is 9.47 Å². The highest BCUT2D eigenvalue weighted by atomic mass is 15.1. The Hall–Kier alpha value is -6.64. The van der Waals surface area contributed by atoms with Crippen molar-refractivity contribution in [2.24, 2.45) is 0 Å². The van der Waals surface area contributed by atoms with E-state index in [1.165, 1.54) is 55.2 Å². The standard InChI is InChI=1S/C54H46N2/c1-53(2,41-22-12-6-13-23-41)43-35-44(54(3,4)42-24-14-7-15-25-42)37-48(36-43)56-51-32-30-40(39-20-10-5-11-21-39)34-49(51)50-38-47(31-33-52(50)56)55(45-26-16-8-17-27-45)46-28-18-9-19-29-46/h5-38H,1-4H3. The number of rotatable bonds is 9. The summed E-state index contributed by atoms with van der Waals surface area (Å²) in [7, 11) is 0. The third-order valence-electron chi connectivity index (χ3n) is 11.8. The van der Waals surface area contributed by atoms with Crippen LogP contribution in [0.5, 0.6) is 0 Å². The maximum absolute atomic E-state index is 2.49. The van der Waals surface area contributed by atoms with Gasteiger partial charge in [-0.25, -0.2) is 0 Å². The summed E-state index contributed by atoms with van der Waals surface area (Å²) in [5.41, 5.74) is 14.0. The fourth-order valence-electron chi connectivity index (χ4n) is 8.34. The molecule has 0 atom stereocenters. The lowest BCUT2D eigenvalue weighted by atomic mass is 9.73. The third-order valence-corrected chi connectivity index (χ3v) is 11.8. The number of aromatic nitrogens is 1. The molecule has 1 heterocycles. The Morgan fingerprint density at radius 3 is 1.27 bits per heavy atom. The van der Waals surface area contributed by atoms with E-state index in [0.29, 0.717) is 0 Å². The maximum Gasteiger partial charge on any atom is 0.0542 e. The van der Waals surface area contributed by atoms with Crippen molar-refractivity contribution in [2.45, 2.75) is 38.5 Å². The van der Waals surface area contributed by atoms with Crippen molar-refractivity contribution in [2.75, 3.05) is 4.90 Å². The SMILES string of the molecule is CC(C)(c1ccccc1)c1cc(-n2c3ccc(-c4ccccc4)cc3c3cc(N(c4ccccc4)c4ccccc4)ccc32)cc(C(C)(C)c2ccccc2)c1. The molecular formula is C54H46N2. The van der Waals surface area contributed by atoms with Crippen LogP contribution < -0.4 is 4.90 Å². The van der Waals surface area contributed by atoms with Crippen LogP contribution in [0.15, 0.2) is 206 Å². The lowest BCUT2D eigenvalue weighted by Gasteiger charge is -2.32. The van der Waals surface area contributed by atoms with Gasteiger partial charge in [0, 0.05) is 44.4 Å². The average Bonchev–Trinajstić information content (AvgIpc) is 3.58. The number of hydrogen-bond acceptors (Lipinski definition) is 1. The van der Waals surface area contributed by atoms with Crippen LogP contribution in [-0.2, 0) is 10.8 Å². The molecule has 1 aromatic heterocycles. The van der Waals surface area contributed by atoms with Crippen molar-refractivity contribution >= 4 is 38.9 Å². The Balaban J connectivity index is 1.33. The van der Waals surface area contributed by atoms with E-state index < -0.39 is 0 Å². The first-order valence-corrected chi connectivity index (χ1v) is 19.6. The van der Waals surface area contributed by atoms with Gasteiger partial charge in [-0.2, -0.15) is 0 Å². The molecule has 0 bridgehead atoms. The summed E-state index contributed by atoms with van der Waals surface area (Å²) in [5.74, 6) is 0. The van der Waals surface area contributed by atoms with Crippen LogP contribution in [0.1, 0.15) is 49.9 Å². The maximum atomic E-state index is 2.49. The molecule has 0 spiro atoms. The lowest BCUT2D eigenvalue weighted by Crippen LogP contribution is -2.23. The molecule has 272 valence electrons. The van der Waals surface area contributed by atoms with Crippen molar-refractivity contribution in [3.05, 3.63) is 229 Å². The van der Waals surface area contributed by atoms with Gasteiger partial charge in [-0.15, -0.1) is 0 Å². The first kappa shape index (κ1) is 35.1. The van der Waals surface area contributed by atoms with Crippen molar-refractivity contribution in [1.82, 2.24) is 4.57 Å². The van der Waals surface area contributed by atoms with E-state index in [1.54, 1.807) is 0 Å². The fourth-order valence-corrected chi connectivity index (χ4v) is 8.34. The highest BCUT2D eigenvalue weighted by Gasteiger charge is 2.30. The molecule has 0 aliphatic carbocycles. The molecule has 56 heavy (non-hydrogen) atoms. The van der Waals surface area contributed by atoms with Gasteiger partial charge in [0.25, 0.3) is 0 Å². The Morgan fingerprint density at radius 1 is 0.339 bits per heavy atom. The van der Waals surface area contributed by atoms with Crippen molar-refractivity contribution in [3.8, 4) is 16.8 Å². The van der Waals surface area contributed by atoms with Crippen LogP contribution in [0, 0.1) is 0 Å². The molecule has 2 heteroatoms. The number of para-hydroxylation sites is 2. The number of hydrogen-bond donors (Lipinski definition) is 0. The van der Waals surface area contributed by atoms with Gasteiger partial charge in [-0.1, -0.05) is 167 Å². The Morgan fingerprint density at radius 2 is 0.768 bits per heavy atom. The minimum absolute atomic E-state index is 0.239. The molecule has 0 amide bonds. The van der Waals surface area contributed by atoms with Crippen molar-refractivity contribution in [3.63, 3.8) is 0 Å². The molecule has 2 nitrogen and oxygen atoms in total. The number of anilines is 3. The fraction of sp³-hybridized carbons (Fsp3) is 0.111. The zero-order valence-electron chi connectivity index (χ0n) is 32.5. The van der Waals surface area contributed by atoms with E-state index in [0.717, 1.165) is 22.7 Å². The largest absolute Gasteiger partial charge is 0.310 e. The highest BCUT2D eigenvalue weighted by molar-refractivity contribution is 6.12. The second-order valence-corrected chi connectivity index (χ2v) is 15.9. The molecule has 9 aromatic rings. The van der Waals surface area contributed by atoms with Crippen LogP contribution in [0.2, 0.25) is 0 Å². The van der Waals surface area contributed by atoms with E-state index in [-0.39, 0.29) is 10.8 Å². The second-order valence-electron chi connectivity index (χ2n) is 15.9. The number of fused-ring (bicyclic) bond motifs is 3. The molecule has 0 aliphatic heterocycles. The molecule has 9 rings (SSSR count). The topological polar surface area (TPSA) is 8.17 Å². The minimum Gasteiger partial charge on any atom is -0.310 e. The van der Waals surface area contributed by atoms with Gasteiger partial charge in [-0.05, 0) is 100 Å². The van der Waals surface area contributed by atoms with Crippen LogP contribution in [0.25, 0.3) is 38.6 Å². The summed E-state index contributed by atoms with van der Waals surface area (Å²) in [4.78, 5) is 2.35. The molecule has 0 fully saturated rings. The van der Waals surface area contributed by atoms with E-state index in [9.17, 15) is 0 Å². The minimum atomic E-state index is -0.239. The highest BCUT2D eigenvalue weighted by Crippen LogP contribution is 2.43. The van der Waals surface area contributed by atoms with Crippen LogP contribution >= 0.6 is 0 Å². The van der Waals surface area contributed by atoms with Crippen LogP contribution in [0.4, 0.5) is 17.1 Å². The molecule has 8 aromatic carbocycles. The first-order chi connectivity index (χ1) is 27.3. The predicted octanol–water partition coefficient (Wildman–Crippen LogP) is 14.6.